The highest BCUT2D eigenvalue weighted by molar-refractivity contribution is 7.93. The Labute approximate surface area is 121 Å². The Bertz CT molecular complexity index is 775. The summed E-state index contributed by atoms with van der Waals surface area (Å²) in [6.07, 6.45) is 0. The molecular weight excluding hydrogens is 294 g/mol. The Morgan fingerprint density at radius 3 is 2.33 bits per heavy atom. The summed E-state index contributed by atoms with van der Waals surface area (Å²) in [5.41, 5.74) is 5.73. The van der Waals surface area contributed by atoms with Crippen molar-refractivity contribution in [2.75, 3.05) is 17.1 Å². The molecule has 0 unspecified atom stereocenters. The van der Waals surface area contributed by atoms with Crippen LogP contribution in [0.3, 0.4) is 0 Å². The van der Waals surface area contributed by atoms with E-state index in [2.05, 4.69) is 0 Å². The molecule has 2 aromatic carbocycles. The van der Waals surface area contributed by atoms with E-state index in [0.29, 0.717) is 5.69 Å². The lowest BCUT2D eigenvalue weighted by molar-refractivity contribution is -0.385. The first-order valence-electron chi connectivity index (χ1n) is 5.92. The van der Waals surface area contributed by atoms with E-state index in [1.165, 1.54) is 13.1 Å². The van der Waals surface area contributed by atoms with E-state index in [9.17, 15) is 18.5 Å². The summed E-state index contributed by atoms with van der Waals surface area (Å²) in [7, 11) is -2.61. The van der Waals surface area contributed by atoms with E-state index in [-0.39, 0.29) is 16.3 Å². The molecule has 0 aliphatic carbocycles. The molecule has 0 spiro atoms. The lowest BCUT2D eigenvalue weighted by Crippen LogP contribution is -2.27. The van der Waals surface area contributed by atoms with Gasteiger partial charge in [-0.25, -0.2) is 8.42 Å². The quantitative estimate of drug-likeness (QED) is 0.528. The van der Waals surface area contributed by atoms with Gasteiger partial charge in [0.2, 0.25) is 0 Å². The van der Waals surface area contributed by atoms with Gasteiger partial charge in [0.25, 0.3) is 15.7 Å². The third-order valence-corrected chi connectivity index (χ3v) is 4.81. The normalized spacial score (nSPS) is 11.1. The number of nitro benzene ring substituents is 1. The molecule has 0 saturated heterocycles. The zero-order valence-corrected chi connectivity index (χ0v) is 11.9. The van der Waals surface area contributed by atoms with Gasteiger partial charge in [-0.1, -0.05) is 18.2 Å². The number of rotatable bonds is 4. The molecule has 8 heteroatoms. The van der Waals surface area contributed by atoms with Gasteiger partial charge < -0.3 is 5.73 Å². The molecule has 7 nitrogen and oxygen atoms in total. The van der Waals surface area contributed by atoms with Crippen molar-refractivity contribution in [2.45, 2.75) is 4.90 Å². The maximum atomic E-state index is 12.6. The van der Waals surface area contributed by atoms with Crippen molar-refractivity contribution in [1.29, 1.82) is 0 Å². The monoisotopic (exact) mass is 307 g/mol. The van der Waals surface area contributed by atoms with E-state index in [4.69, 9.17) is 5.73 Å². The standard InChI is InChI=1S/C13H13N3O4S/c1-15(10-5-3-2-4-6-10)21(19,20)13-9-11(16(17)18)7-8-12(13)14/h2-9H,14H2,1H3. The van der Waals surface area contributed by atoms with Gasteiger partial charge in [0, 0.05) is 19.2 Å². The molecule has 110 valence electrons. The molecule has 0 heterocycles. The molecule has 2 rings (SSSR count). The largest absolute Gasteiger partial charge is 0.398 e. The Hall–Kier alpha value is -2.61. The van der Waals surface area contributed by atoms with Gasteiger partial charge in [0.05, 0.1) is 16.3 Å². The molecule has 0 aliphatic heterocycles. The predicted octanol–water partition coefficient (Wildman–Crippen LogP) is 2.00. The van der Waals surface area contributed by atoms with Gasteiger partial charge in [-0.15, -0.1) is 0 Å². The number of benzene rings is 2. The van der Waals surface area contributed by atoms with Crippen LogP contribution in [-0.4, -0.2) is 20.4 Å². The third-order valence-electron chi connectivity index (χ3n) is 2.97. The zero-order valence-electron chi connectivity index (χ0n) is 11.1. The highest BCUT2D eigenvalue weighted by atomic mass is 32.2. The second kappa shape index (κ2) is 5.41. The first kappa shape index (κ1) is 14.8. The number of anilines is 2. The molecule has 0 radical (unpaired) electrons. The molecule has 0 atom stereocenters. The molecule has 2 N–H and O–H groups in total. The van der Waals surface area contributed by atoms with Gasteiger partial charge in [-0.3, -0.25) is 14.4 Å². The van der Waals surface area contributed by atoms with E-state index in [1.807, 2.05) is 0 Å². The Kier molecular flexibility index (Phi) is 3.81. The Morgan fingerprint density at radius 1 is 1.14 bits per heavy atom. The van der Waals surface area contributed by atoms with Crippen LogP contribution in [0.4, 0.5) is 17.1 Å². The first-order chi connectivity index (χ1) is 9.84. The number of sulfonamides is 1. The van der Waals surface area contributed by atoms with E-state index in [0.717, 1.165) is 16.4 Å². The maximum Gasteiger partial charge on any atom is 0.270 e. The van der Waals surface area contributed by atoms with Gasteiger partial charge in [0.1, 0.15) is 4.90 Å². The van der Waals surface area contributed by atoms with Crippen LogP contribution in [-0.2, 0) is 10.0 Å². The number of hydrogen-bond acceptors (Lipinski definition) is 5. The van der Waals surface area contributed by atoms with Gasteiger partial charge in [-0.2, -0.15) is 0 Å². The second-order valence-corrected chi connectivity index (χ2v) is 6.23. The minimum absolute atomic E-state index is 0.0385. The number of nitrogen functional groups attached to an aromatic ring is 1. The smallest absolute Gasteiger partial charge is 0.270 e. The van der Waals surface area contributed by atoms with Crippen molar-refractivity contribution in [3.63, 3.8) is 0 Å². The number of hydrogen-bond donors (Lipinski definition) is 1. The Morgan fingerprint density at radius 2 is 1.76 bits per heavy atom. The van der Waals surface area contributed by atoms with E-state index in [1.54, 1.807) is 30.3 Å². The lowest BCUT2D eigenvalue weighted by Gasteiger charge is -2.20. The van der Waals surface area contributed by atoms with Crippen LogP contribution in [0, 0.1) is 10.1 Å². The van der Waals surface area contributed by atoms with Crippen molar-refractivity contribution < 1.29 is 13.3 Å². The van der Waals surface area contributed by atoms with Crippen LogP contribution in [0.5, 0.6) is 0 Å². The molecule has 0 amide bonds. The summed E-state index contributed by atoms with van der Waals surface area (Å²) < 4.78 is 26.1. The van der Waals surface area contributed by atoms with Crippen molar-refractivity contribution in [2.24, 2.45) is 0 Å². The lowest BCUT2D eigenvalue weighted by atomic mass is 10.3. The van der Waals surface area contributed by atoms with Crippen molar-refractivity contribution in [3.8, 4) is 0 Å². The summed E-state index contributed by atoms with van der Waals surface area (Å²) in [6, 6.07) is 11.7. The van der Waals surface area contributed by atoms with Crippen LogP contribution < -0.4 is 10.0 Å². The van der Waals surface area contributed by atoms with Crippen LogP contribution >= 0.6 is 0 Å². The molecule has 0 aliphatic rings. The SMILES string of the molecule is CN(c1ccccc1)S(=O)(=O)c1cc([N+](=O)[O-])ccc1N. The van der Waals surface area contributed by atoms with Crippen LogP contribution in [0.15, 0.2) is 53.4 Å². The molecule has 0 saturated carbocycles. The first-order valence-corrected chi connectivity index (χ1v) is 7.36. The van der Waals surface area contributed by atoms with Gasteiger partial charge in [-0.05, 0) is 18.2 Å². The summed E-state index contributed by atoms with van der Waals surface area (Å²) in [5.74, 6) is 0. The number of nitrogens with two attached hydrogens (primary N) is 1. The zero-order chi connectivity index (χ0) is 15.6. The summed E-state index contributed by atoms with van der Waals surface area (Å²) >= 11 is 0. The van der Waals surface area contributed by atoms with Gasteiger partial charge in [0.15, 0.2) is 0 Å². The molecule has 21 heavy (non-hydrogen) atoms. The van der Waals surface area contributed by atoms with Gasteiger partial charge >= 0.3 is 0 Å². The molecule has 2 aromatic rings. The topological polar surface area (TPSA) is 107 Å². The van der Waals surface area contributed by atoms with Crippen molar-refractivity contribution in [1.82, 2.24) is 0 Å². The molecule has 0 bridgehead atoms. The number of nitro groups is 1. The average Bonchev–Trinajstić information content (AvgIpc) is 2.47. The summed E-state index contributed by atoms with van der Waals surface area (Å²) in [5, 5.41) is 10.8. The molecule has 0 aromatic heterocycles. The summed E-state index contributed by atoms with van der Waals surface area (Å²) in [6.45, 7) is 0. The highest BCUT2D eigenvalue weighted by Gasteiger charge is 2.26. The summed E-state index contributed by atoms with van der Waals surface area (Å²) in [4.78, 5) is 9.83. The number of non-ortho nitro benzene ring substituents is 1. The average molecular weight is 307 g/mol. The second-order valence-electron chi connectivity index (χ2n) is 4.29. The van der Waals surface area contributed by atoms with Crippen LogP contribution in [0.1, 0.15) is 0 Å². The van der Waals surface area contributed by atoms with Crippen LogP contribution in [0.25, 0.3) is 0 Å². The molecular formula is C13H13N3O4S. The molecule has 0 fully saturated rings. The fourth-order valence-corrected chi connectivity index (χ4v) is 3.11. The van der Waals surface area contributed by atoms with Crippen LogP contribution in [0.2, 0.25) is 0 Å². The van der Waals surface area contributed by atoms with Crippen molar-refractivity contribution >= 4 is 27.1 Å². The fourth-order valence-electron chi connectivity index (χ4n) is 1.78. The van der Waals surface area contributed by atoms with E-state index < -0.39 is 14.9 Å². The minimum atomic E-state index is -3.97. The third kappa shape index (κ3) is 2.79. The predicted molar refractivity (Wildman–Crippen MR) is 79.5 cm³/mol. The van der Waals surface area contributed by atoms with E-state index >= 15 is 0 Å². The number of para-hydroxylation sites is 1. The highest BCUT2D eigenvalue weighted by Crippen LogP contribution is 2.28. The minimum Gasteiger partial charge on any atom is -0.398 e. The number of nitrogens with zero attached hydrogens (tertiary/aromatic N) is 2. The Balaban J connectivity index is 2.54. The fraction of sp³-hybridized carbons (Fsp3) is 0.0769. The van der Waals surface area contributed by atoms with Crippen molar-refractivity contribution in [3.05, 3.63) is 58.6 Å². The maximum absolute atomic E-state index is 12.6.